The Balaban J connectivity index is -0.0000000800. The summed E-state index contributed by atoms with van der Waals surface area (Å²) in [4.78, 5) is 0. The molecule has 0 aliphatic rings. The van der Waals surface area contributed by atoms with E-state index in [0.29, 0.717) is 0 Å². The molecule has 0 amide bonds. The smallest absolute Gasteiger partial charge is 0.00775 e. The Hall–Kier alpha value is -0.210. The van der Waals surface area contributed by atoms with E-state index in [1.165, 1.54) is 6.20 Å². The van der Waals surface area contributed by atoms with E-state index in [0.717, 1.165) is 13.1 Å². The van der Waals surface area contributed by atoms with Gasteiger partial charge in [0.25, 0.3) is 0 Å². The van der Waals surface area contributed by atoms with Crippen molar-refractivity contribution in [3.05, 3.63) is 12.8 Å². The first-order valence-electron chi connectivity index (χ1n) is 2.86. The summed E-state index contributed by atoms with van der Waals surface area (Å²) >= 11 is 0. The quantitative estimate of drug-likeness (QED) is 0.623. The Morgan fingerprint density at radius 1 is 1.44 bits per heavy atom. The molecule has 0 bridgehead atoms. The van der Waals surface area contributed by atoms with Crippen LogP contribution in [-0.2, 0) is 0 Å². The summed E-state index contributed by atoms with van der Waals surface area (Å²) in [6, 6.07) is 0. The second-order valence-corrected chi connectivity index (χ2v) is 1.19. The van der Waals surface area contributed by atoms with Crippen molar-refractivity contribution in [2.45, 2.75) is 13.8 Å². The number of hydrogen-bond acceptors (Lipinski definition) is 2. The molecule has 3 N–H and O–H groups in total. The molecule has 58 valence electrons. The maximum atomic E-state index is 4.61. The largest absolute Gasteiger partial charge is 0.405 e. The molecule has 0 atom stereocenters. The number of hydrogen-bond donors (Lipinski definition) is 2. The molecule has 0 radical (unpaired) electrons. The van der Waals surface area contributed by atoms with Crippen LogP contribution >= 0.6 is 12.4 Å². The van der Waals surface area contributed by atoms with Gasteiger partial charge in [0.15, 0.2) is 0 Å². The van der Waals surface area contributed by atoms with Crippen LogP contribution in [0.2, 0.25) is 0 Å². The van der Waals surface area contributed by atoms with Crippen LogP contribution in [0.4, 0.5) is 0 Å². The van der Waals surface area contributed by atoms with E-state index >= 15 is 0 Å². The summed E-state index contributed by atoms with van der Waals surface area (Å²) in [7, 11) is 0. The van der Waals surface area contributed by atoms with Gasteiger partial charge in [0.1, 0.15) is 0 Å². The van der Waals surface area contributed by atoms with Crippen molar-refractivity contribution in [3.63, 3.8) is 0 Å². The molecule has 0 saturated carbocycles. The zero-order valence-corrected chi connectivity index (χ0v) is 7.00. The summed E-state index contributed by atoms with van der Waals surface area (Å²) in [6.45, 7) is 9.53. The fraction of sp³-hybridized carbons (Fsp3) is 0.667. The second kappa shape index (κ2) is 25.0. The van der Waals surface area contributed by atoms with Crippen LogP contribution in [0.15, 0.2) is 12.8 Å². The highest BCUT2D eigenvalue weighted by atomic mass is 35.5. The maximum Gasteiger partial charge on any atom is -0.00775 e. The normalized spacial score (nSPS) is 6.00. The average molecular weight is 153 g/mol. The summed E-state index contributed by atoms with van der Waals surface area (Å²) in [5, 5.41) is 3.11. The summed E-state index contributed by atoms with van der Waals surface area (Å²) in [5.74, 6) is 0. The highest BCUT2D eigenvalue weighted by molar-refractivity contribution is 5.85. The Morgan fingerprint density at radius 2 is 1.67 bits per heavy atom. The van der Waals surface area contributed by atoms with E-state index in [1.807, 2.05) is 0 Å². The lowest BCUT2D eigenvalue weighted by molar-refractivity contribution is 0.762. The molecule has 0 rings (SSSR count). The van der Waals surface area contributed by atoms with Gasteiger partial charge in [-0.15, -0.1) is 12.4 Å². The minimum Gasteiger partial charge on any atom is -0.405 e. The number of rotatable bonds is 2. The minimum absolute atomic E-state index is 0. The Kier molecular flexibility index (Phi) is 44.2. The maximum absolute atomic E-state index is 4.61. The van der Waals surface area contributed by atoms with Gasteiger partial charge in [-0.3, -0.25) is 0 Å². The molecule has 0 fully saturated rings. The van der Waals surface area contributed by atoms with Crippen molar-refractivity contribution >= 4 is 12.4 Å². The van der Waals surface area contributed by atoms with Crippen LogP contribution in [0.1, 0.15) is 13.8 Å². The monoisotopic (exact) mass is 152 g/mol. The molecule has 0 aromatic heterocycles. The highest BCUT2D eigenvalue weighted by Gasteiger charge is 1.62. The van der Waals surface area contributed by atoms with Gasteiger partial charge < -0.3 is 11.1 Å². The predicted molar refractivity (Wildman–Crippen MR) is 45.9 cm³/mol. The second-order valence-electron chi connectivity index (χ2n) is 1.19. The summed E-state index contributed by atoms with van der Waals surface area (Å²) in [6.07, 6.45) is 1.25. The van der Waals surface area contributed by atoms with Crippen molar-refractivity contribution in [1.29, 1.82) is 0 Å². The van der Waals surface area contributed by atoms with Crippen molar-refractivity contribution in [2.24, 2.45) is 5.73 Å². The van der Waals surface area contributed by atoms with Gasteiger partial charge in [0.05, 0.1) is 0 Å². The van der Waals surface area contributed by atoms with Gasteiger partial charge in [0.2, 0.25) is 0 Å². The summed E-state index contributed by atoms with van der Waals surface area (Å²) < 4.78 is 0. The van der Waals surface area contributed by atoms with Crippen LogP contribution in [0.5, 0.6) is 0 Å². The van der Waals surface area contributed by atoms with Gasteiger partial charge in [-0.25, -0.2) is 0 Å². The molecule has 0 aliphatic heterocycles. The molecule has 0 aliphatic carbocycles. The van der Waals surface area contributed by atoms with Crippen molar-refractivity contribution in [3.8, 4) is 0 Å². The third-order valence-corrected chi connectivity index (χ3v) is 0.500. The van der Waals surface area contributed by atoms with Crippen LogP contribution in [0, 0.1) is 0 Å². The first kappa shape index (κ1) is 15.9. The number of nitrogens with one attached hydrogen (secondary N) is 1. The Morgan fingerprint density at radius 3 is 1.67 bits per heavy atom. The van der Waals surface area contributed by atoms with Crippen molar-refractivity contribution < 1.29 is 0 Å². The van der Waals surface area contributed by atoms with E-state index in [4.69, 9.17) is 0 Å². The van der Waals surface area contributed by atoms with E-state index in [2.05, 4.69) is 31.5 Å². The van der Waals surface area contributed by atoms with E-state index in [1.54, 1.807) is 0 Å². The SMILES string of the molecule is C=CN.CCNCC.Cl. The highest BCUT2D eigenvalue weighted by Crippen LogP contribution is 1.47. The van der Waals surface area contributed by atoms with E-state index in [-0.39, 0.29) is 12.4 Å². The molecule has 0 unspecified atom stereocenters. The first-order valence-corrected chi connectivity index (χ1v) is 2.86. The van der Waals surface area contributed by atoms with Gasteiger partial charge >= 0.3 is 0 Å². The van der Waals surface area contributed by atoms with Gasteiger partial charge in [-0.1, -0.05) is 20.4 Å². The first-order chi connectivity index (χ1) is 3.83. The predicted octanol–water partition coefficient (Wildman–Crippen LogP) is 1.13. The molecule has 0 saturated heterocycles. The lowest BCUT2D eigenvalue weighted by atomic mass is 10.7. The average Bonchev–Trinajstić information content (AvgIpc) is 1.71. The standard InChI is InChI=1S/C4H11N.C2H5N.ClH/c1-3-5-4-2;1-2-3;/h5H,3-4H2,1-2H3;2H,1,3H2;1H. The molecule has 0 aromatic carbocycles. The third-order valence-electron chi connectivity index (χ3n) is 0.500. The van der Waals surface area contributed by atoms with Crippen LogP contribution in [-0.4, -0.2) is 13.1 Å². The van der Waals surface area contributed by atoms with E-state index in [9.17, 15) is 0 Å². The summed E-state index contributed by atoms with van der Waals surface area (Å²) in [5.41, 5.74) is 4.61. The molecular formula is C6H17ClN2. The van der Waals surface area contributed by atoms with Crippen LogP contribution < -0.4 is 11.1 Å². The van der Waals surface area contributed by atoms with Gasteiger partial charge in [0, 0.05) is 0 Å². The molecule has 3 heteroatoms. The number of halogens is 1. The zero-order valence-electron chi connectivity index (χ0n) is 6.18. The topological polar surface area (TPSA) is 38.0 Å². The minimum atomic E-state index is 0. The van der Waals surface area contributed by atoms with Crippen LogP contribution in [0.25, 0.3) is 0 Å². The molecule has 0 aromatic rings. The van der Waals surface area contributed by atoms with Gasteiger partial charge in [-0.05, 0) is 19.3 Å². The van der Waals surface area contributed by atoms with E-state index < -0.39 is 0 Å². The zero-order chi connectivity index (χ0) is 6.83. The molecule has 0 spiro atoms. The fourth-order valence-corrected chi connectivity index (χ4v) is 0.250. The molecular weight excluding hydrogens is 136 g/mol. The number of nitrogens with two attached hydrogens (primary N) is 1. The lowest BCUT2D eigenvalue weighted by Gasteiger charge is -1.86. The van der Waals surface area contributed by atoms with Gasteiger partial charge in [-0.2, -0.15) is 0 Å². The Labute approximate surface area is 63.9 Å². The molecule has 2 nitrogen and oxygen atoms in total. The molecule has 0 heterocycles. The lowest BCUT2D eigenvalue weighted by Crippen LogP contribution is -2.09. The van der Waals surface area contributed by atoms with Crippen LogP contribution in [0.3, 0.4) is 0 Å². The fourth-order valence-electron chi connectivity index (χ4n) is 0.250. The van der Waals surface area contributed by atoms with Crippen molar-refractivity contribution in [1.82, 2.24) is 5.32 Å². The molecule has 9 heavy (non-hydrogen) atoms. The third kappa shape index (κ3) is 81.5. The Bertz CT molecular complexity index is 38.0. The van der Waals surface area contributed by atoms with Crippen molar-refractivity contribution in [2.75, 3.05) is 13.1 Å².